The van der Waals surface area contributed by atoms with Crippen LogP contribution in [0.3, 0.4) is 0 Å². The van der Waals surface area contributed by atoms with Crippen LogP contribution in [0.25, 0.3) is 0 Å². The fourth-order valence-electron chi connectivity index (χ4n) is 4.90. The highest BCUT2D eigenvalue weighted by Crippen LogP contribution is 2.58. The molecule has 0 amide bonds. The van der Waals surface area contributed by atoms with E-state index in [0.29, 0.717) is 23.3 Å². The Hall–Kier alpha value is -2.19. The van der Waals surface area contributed by atoms with Crippen LogP contribution in [0.1, 0.15) is 62.3 Å². The van der Waals surface area contributed by atoms with Crippen LogP contribution >= 0.6 is 0 Å². The van der Waals surface area contributed by atoms with Crippen molar-refractivity contribution in [2.45, 2.75) is 58.1 Å². The zero-order valence-electron chi connectivity index (χ0n) is 15.9. The quantitative estimate of drug-likeness (QED) is 0.638. The number of fused-ring (bicyclic) bond motifs is 1. The molecule has 138 valence electrons. The molecule has 1 fully saturated rings. The Morgan fingerprint density at radius 2 is 2.27 bits per heavy atom. The normalized spacial score (nSPS) is 30.8. The van der Waals surface area contributed by atoms with Gasteiger partial charge in [0.15, 0.2) is 0 Å². The van der Waals surface area contributed by atoms with Gasteiger partial charge in [-0.3, -0.25) is 10.4 Å². The lowest BCUT2D eigenvalue weighted by Gasteiger charge is -2.44. The van der Waals surface area contributed by atoms with E-state index in [1.807, 2.05) is 19.2 Å². The van der Waals surface area contributed by atoms with Crippen LogP contribution in [0.5, 0.6) is 0 Å². The molecule has 3 N–H and O–H groups in total. The van der Waals surface area contributed by atoms with E-state index in [-0.39, 0.29) is 17.3 Å². The third-order valence-electron chi connectivity index (χ3n) is 6.35. The highest BCUT2D eigenvalue weighted by atomic mass is 16.5. The molecule has 3 rings (SSSR count). The third kappa shape index (κ3) is 3.14. The van der Waals surface area contributed by atoms with Crippen molar-refractivity contribution >= 4 is 11.5 Å². The summed E-state index contributed by atoms with van der Waals surface area (Å²) in [6.07, 6.45) is 5.49. The van der Waals surface area contributed by atoms with Crippen LogP contribution in [-0.4, -0.2) is 24.8 Å². The van der Waals surface area contributed by atoms with Crippen molar-refractivity contribution in [3.05, 3.63) is 34.9 Å². The molecule has 0 saturated heterocycles. The molecule has 0 bridgehead atoms. The molecule has 0 aromatic heterocycles. The monoisotopic (exact) mass is 352 g/mol. The first-order valence-electron chi connectivity index (χ1n) is 9.38. The molecule has 1 aromatic rings. The van der Waals surface area contributed by atoms with E-state index in [4.69, 9.17) is 20.9 Å². The summed E-state index contributed by atoms with van der Waals surface area (Å²) >= 11 is 0. The number of hydrogen-bond donors (Lipinski definition) is 2. The molecule has 0 heterocycles. The summed E-state index contributed by atoms with van der Waals surface area (Å²) in [7, 11) is 1.81. The van der Waals surface area contributed by atoms with Crippen molar-refractivity contribution in [2.75, 3.05) is 7.11 Å². The molecule has 4 atom stereocenters. The molecule has 2 aliphatic rings. The predicted octanol–water partition coefficient (Wildman–Crippen LogP) is 3.76. The minimum Gasteiger partial charge on any atom is -0.383 e. The first kappa shape index (κ1) is 18.6. The SMILES string of the molecule is CCC1CC2(CCC1OC)Cc1ccc(C#N)cc1C2N=C(C)C(=N)N. The number of rotatable bonds is 4. The number of nitrogens with two attached hydrogens (primary N) is 1. The second-order valence-electron chi connectivity index (χ2n) is 7.78. The van der Waals surface area contributed by atoms with Crippen molar-refractivity contribution in [1.29, 1.82) is 10.7 Å². The van der Waals surface area contributed by atoms with Gasteiger partial charge in [-0.2, -0.15) is 5.26 Å². The highest BCUT2D eigenvalue weighted by Gasteiger charge is 2.50. The Morgan fingerprint density at radius 1 is 1.50 bits per heavy atom. The molecular formula is C21H28N4O. The molecule has 5 heteroatoms. The molecule has 5 nitrogen and oxygen atoms in total. The van der Waals surface area contributed by atoms with Crippen LogP contribution in [0.2, 0.25) is 0 Å². The second-order valence-corrected chi connectivity index (χ2v) is 7.78. The standard InChI is InChI=1S/C21H28N4O/c1-4-15-10-21(8-7-18(15)26-3)11-16-6-5-14(12-22)9-17(16)19(21)25-13(2)20(23)24/h5-6,9,15,18-19H,4,7-8,10-11H2,1-3H3,(H3,23,24). The van der Waals surface area contributed by atoms with Gasteiger partial charge in [0, 0.05) is 12.5 Å². The fraction of sp³-hybridized carbons (Fsp3) is 0.571. The third-order valence-corrected chi connectivity index (χ3v) is 6.35. The predicted molar refractivity (Wildman–Crippen MR) is 103 cm³/mol. The first-order chi connectivity index (χ1) is 12.4. The molecule has 0 radical (unpaired) electrons. The molecule has 26 heavy (non-hydrogen) atoms. The number of benzene rings is 1. The van der Waals surface area contributed by atoms with Gasteiger partial charge in [0.1, 0.15) is 5.84 Å². The van der Waals surface area contributed by atoms with E-state index in [1.54, 1.807) is 6.92 Å². The Kier molecular flexibility index (Phi) is 5.15. The summed E-state index contributed by atoms with van der Waals surface area (Å²) in [6, 6.07) is 8.16. The van der Waals surface area contributed by atoms with E-state index in [1.165, 1.54) is 5.56 Å². The van der Waals surface area contributed by atoms with Crippen molar-refractivity contribution < 1.29 is 4.74 Å². The first-order valence-corrected chi connectivity index (χ1v) is 9.38. The molecule has 0 aliphatic heterocycles. The summed E-state index contributed by atoms with van der Waals surface area (Å²) in [5.41, 5.74) is 9.37. The van der Waals surface area contributed by atoms with Gasteiger partial charge in [0.2, 0.25) is 0 Å². The Balaban J connectivity index is 2.06. The number of nitrogens with zero attached hydrogens (tertiary/aromatic N) is 2. The average molecular weight is 352 g/mol. The number of ether oxygens (including phenoxy) is 1. The van der Waals surface area contributed by atoms with Crippen LogP contribution < -0.4 is 5.73 Å². The minimum atomic E-state index is -0.0402. The zero-order chi connectivity index (χ0) is 18.9. The van der Waals surface area contributed by atoms with Crippen molar-refractivity contribution in [1.82, 2.24) is 0 Å². The Morgan fingerprint density at radius 3 is 2.88 bits per heavy atom. The fourth-order valence-corrected chi connectivity index (χ4v) is 4.90. The topological polar surface area (TPSA) is 95.2 Å². The van der Waals surface area contributed by atoms with Gasteiger partial charge in [0.25, 0.3) is 0 Å². The number of nitrogens with one attached hydrogen (secondary N) is 1. The van der Waals surface area contributed by atoms with Gasteiger partial charge in [-0.05, 0) is 61.8 Å². The molecule has 1 saturated carbocycles. The molecule has 2 aliphatic carbocycles. The maximum absolute atomic E-state index is 9.32. The summed E-state index contributed by atoms with van der Waals surface area (Å²) in [4.78, 5) is 4.91. The number of nitriles is 1. The summed E-state index contributed by atoms with van der Waals surface area (Å²) in [5, 5.41) is 17.1. The Labute approximate surface area is 155 Å². The van der Waals surface area contributed by atoms with E-state index in [2.05, 4.69) is 19.1 Å². The average Bonchev–Trinajstić information content (AvgIpc) is 2.93. The molecular weight excluding hydrogens is 324 g/mol. The number of methoxy groups -OCH3 is 1. The lowest BCUT2D eigenvalue weighted by Crippen LogP contribution is -2.40. The van der Waals surface area contributed by atoms with Gasteiger partial charge in [-0.1, -0.05) is 19.4 Å². The maximum atomic E-state index is 9.32. The van der Waals surface area contributed by atoms with E-state index >= 15 is 0 Å². The second kappa shape index (κ2) is 7.20. The maximum Gasteiger partial charge on any atom is 0.136 e. The number of amidine groups is 1. The number of hydrogen-bond acceptors (Lipinski definition) is 4. The zero-order valence-corrected chi connectivity index (χ0v) is 15.9. The van der Waals surface area contributed by atoms with Crippen LogP contribution in [0, 0.1) is 28.1 Å². The van der Waals surface area contributed by atoms with Crippen LogP contribution in [0.15, 0.2) is 23.2 Å². The lowest BCUT2D eigenvalue weighted by molar-refractivity contribution is -0.0277. The van der Waals surface area contributed by atoms with Crippen molar-refractivity contribution in [2.24, 2.45) is 22.1 Å². The van der Waals surface area contributed by atoms with E-state index < -0.39 is 0 Å². The van der Waals surface area contributed by atoms with Crippen molar-refractivity contribution in [3.8, 4) is 6.07 Å². The van der Waals surface area contributed by atoms with Gasteiger partial charge in [-0.15, -0.1) is 0 Å². The summed E-state index contributed by atoms with van der Waals surface area (Å²) < 4.78 is 5.73. The summed E-state index contributed by atoms with van der Waals surface area (Å²) in [6.45, 7) is 4.03. The summed E-state index contributed by atoms with van der Waals surface area (Å²) in [5.74, 6) is 0.525. The van der Waals surface area contributed by atoms with Crippen molar-refractivity contribution in [3.63, 3.8) is 0 Å². The van der Waals surface area contributed by atoms with E-state index in [0.717, 1.165) is 37.7 Å². The van der Waals surface area contributed by atoms with E-state index in [9.17, 15) is 5.26 Å². The van der Waals surface area contributed by atoms with Gasteiger partial charge in [-0.25, -0.2) is 0 Å². The lowest BCUT2D eigenvalue weighted by atomic mass is 9.64. The molecule has 4 unspecified atom stereocenters. The van der Waals surface area contributed by atoms with Crippen LogP contribution in [0.4, 0.5) is 0 Å². The van der Waals surface area contributed by atoms with Gasteiger partial charge < -0.3 is 10.5 Å². The molecule has 1 spiro atoms. The Bertz CT molecular complexity index is 779. The van der Waals surface area contributed by atoms with Crippen LogP contribution in [-0.2, 0) is 11.2 Å². The highest BCUT2D eigenvalue weighted by molar-refractivity contribution is 6.38. The smallest absolute Gasteiger partial charge is 0.136 e. The minimum absolute atomic E-state index is 0.0163. The largest absolute Gasteiger partial charge is 0.383 e. The molecule has 1 aromatic carbocycles. The van der Waals surface area contributed by atoms with Gasteiger partial charge in [0.05, 0.1) is 29.5 Å². The number of aliphatic imine (C=N–C) groups is 1. The van der Waals surface area contributed by atoms with Gasteiger partial charge >= 0.3 is 0 Å².